The van der Waals surface area contributed by atoms with Gasteiger partial charge in [-0.1, -0.05) is 0 Å². The molecule has 4 nitrogen and oxygen atoms in total. The van der Waals surface area contributed by atoms with Crippen LogP contribution in [0.25, 0.3) is 0 Å². The van der Waals surface area contributed by atoms with Gasteiger partial charge in [0.1, 0.15) is 0 Å². The van der Waals surface area contributed by atoms with Gasteiger partial charge in [0.25, 0.3) is 0 Å². The number of hydrogen-bond acceptors (Lipinski definition) is 4. The summed E-state index contributed by atoms with van der Waals surface area (Å²) in [4.78, 5) is 11.4. The highest BCUT2D eigenvalue weighted by Gasteiger charge is 2.12. The summed E-state index contributed by atoms with van der Waals surface area (Å²) >= 11 is 1.53. The van der Waals surface area contributed by atoms with E-state index in [0.29, 0.717) is 13.0 Å². The molecule has 0 saturated carbocycles. The van der Waals surface area contributed by atoms with Crippen molar-refractivity contribution in [3.05, 3.63) is 16.8 Å². The normalized spacial score (nSPS) is 12.4. The summed E-state index contributed by atoms with van der Waals surface area (Å²) in [5, 5.41) is 6.48. The molecule has 1 atom stereocenters. The number of nitrogens with two attached hydrogens (primary N) is 1. The van der Waals surface area contributed by atoms with E-state index in [1.165, 1.54) is 11.3 Å². The molecular weight excluding hydrogens is 200 g/mol. The molecule has 78 valence electrons. The zero-order valence-electron chi connectivity index (χ0n) is 8.03. The fourth-order valence-corrected chi connectivity index (χ4v) is 1.53. The van der Waals surface area contributed by atoms with Crippen LogP contribution in [-0.2, 0) is 9.53 Å². The first kappa shape index (κ1) is 11.2. The van der Waals surface area contributed by atoms with E-state index < -0.39 is 6.04 Å². The average molecular weight is 214 g/mol. The molecule has 5 heteroatoms. The maximum Gasteiger partial charge on any atom is 0.241 e. The van der Waals surface area contributed by atoms with E-state index in [9.17, 15) is 4.79 Å². The standard InChI is InChI=1S/C9H14N2O2S/c1-13-4-2-8(10)9(12)11-7-3-5-14-6-7/h3,5-6,8H,2,4,10H2,1H3,(H,11,12). The van der Waals surface area contributed by atoms with Gasteiger partial charge in [0.2, 0.25) is 5.91 Å². The number of rotatable bonds is 5. The van der Waals surface area contributed by atoms with Gasteiger partial charge in [-0.2, -0.15) is 11.3 Å². The largest absolute Gasteiger partial charge is 0.385 e. The molecule has 0 aliphatic carbocycles. The van der Waals surface area contributed by atoms with Gasteiger partial charge in [0.15, 0.2) is 0 Å². The summed E-state index contributed by atoms with van der Waals surface area (Å²) in [6.45, 7) is 0.498. The number of hydrogen-bond donors (Lipinski definition) is 2. The van der Waals surface area contributed by atoms with Gasteiger partial charge in [0.05, 0.1) is 11.7 Å². The number of carbonyl (C=O) groups excluding carboxylic acids is 1. The Morgan fingerprint density at radius 3 is 3.14 bits per heavy atom. The maximum absolute atomic E-state index is 11.4. The predicted molar refractivity (Wildman–Crippen MR) is 57.4 cm³/mol. The van der Waals surface area contributed by atoms with Gasteiger partial charge in [-0.05, 0) is 17.9 Å². The lowest BCUT2D eigenvalue weighted by Crippen LogP contribution is -2.36. The van der Waals surface area contributed by atoms with E-state index >= 15 is 0 Å². The molecule has 1 amide bonds. The minimum atomic E-state index is -0.505. The molecule has 1 rings (SSSR count). The van der Waals surface area contributed by atoms with Gasteiger partial charge in [-0.3, -0.25) is 4.79 Å². The summed E-state index contributed by atoms with van der Waals surface area (Å²) in [5.74, 6) is -0.166. The Bertz CT molecular complexity index is 274. The van der Waals surface area contributed by atoms with Gasteiger partial charge in [-0.15, -0.1) is 0 Å². The van der Waals surface area contributed by atoms with Crippen LogP contribution >= 0.6 is 11.3 Å². The topological polar surface area (TPSA) is 64.3 Å². The lowest BCUT2D eigenvalue weighted by Gasteiger charge is -2.10. The second-order valence-electron chi connectivity index (χ2n) is 2.89. The van der Waals surface area contributed by atoms with E-state index in [2.05, 4.69) is 5.32 Å². The lowest BCUT2D eigenvalue weighted by atomic mass is 10.2. The zero-order chi connectivity index (χ0) is 10.4. The third kappa shape index (κ3) is 3.45. The van der Waals surface area contributed by atoms with Crippen LogP contribution in [0, 0.1) is 0 Å². The molecule has 0 aromatic carbocycles. The van der Waals surface area contributed by atoms with Crippen molar-refractivity contribution in [2.45, 2.75) is 12.5 Å². The number of anilines is 1. The molecule has 14 heavy (non-hydrogen) atoms. The molecule has 1 unspecified atom stereocenters. The molecular formula is C9H14N2O2S. The van der Waals surface area contributed by atoms with Crippen molar-refractivity contribution in [3.8, 4) is 0 Å². The van der Waals surface area contributed by atoms with Crippen molar-refractivity contribution in [2.75, 3.05) is 19.0 Å². The van der Waals surface area contributed by atoms with Gasteiger partial charge in [-0.25, -0.2) is 0 Å². The van der Waals surface area contributed by atoms with Gasteiger partial charge in [0, 0.05) is 19.1 Å². The molecule has 1 aromatic heterocycles. The maximum atomic E-state index is 11.4. The quantitative estimate of drug-likeness (QED) is 0.770. The minimum absolute atomic E-state index is 0.166. The fraction of sp³-hybridized carbons (Fsp3) is 0.444. The Morgan fingerprint density at radius 1 is 1.79 bits per heavy atom. The molecule has 1 aromatic rings. The average Bonchev–Trinajstić information content (AvgIpc) is 2.66. The van der Waals surface area contributed by atoms with E-state index in [4.69, 9.17) is 10.5 Å². The Kier molecular flexibility index (Phi) is 4.58. The van der Waals surface area contributed by atoms with E-state index in [1.54, 1.807) is 7.11 Å². The van der Waals surface area contributed by atoms with Crippen LogP contribution in [0.3, 0.4) is 0 Å². The van der Waals surface area contributed by atoms with Crippen molar-refractivity contribution in [3.63, 3.8) is 0 Å². The number of ether oxygens (including phenoxy) is 1. The smallest absolute Gasteiger partial charge is 0.241 e. The van der Waals surface area contributed by atoms with Crippen LogP contribution < -0.4 is 11.1 Å². The van der Waals surface area contributed by atoms with E-state index in [0.717, 1.165) is 5.69 Å². The summed E-state index contributed by atoms with van der Waals surface area (Å²) in [5.41, 5.74) is 6.43. The zero-order valence-corrected chi connectivity index (χ0v) is 8.84. The molecule has 0 radical (unpaired) electrons. The first-order valence-corrected chi connectivity index (χ1v) is 5.26. The van der Waals surface area contributed by atoms with E-state index in [-0.39, 0.29) is 5.91 Å². The van der Waals surface area contributed by atoms with Crippen molar-refractivity contribution in [1.29, 1.82) is 0 Å². The van der Waals surface area contributed by atoms with Crippen LogP contribution in [0.1, 0.15) is 6.42 Å². The molecule has 0 aliphatic rings. The van der Waals surface area contributed by atoms with Crippen LogP contribution in [0.2, 0.25) is 0 Å². The fourth-order valence-electron chi connectivity index (χ4n) is 0.946. The van der Waals surface area contributed by atoms with Crippen molar-refractivity contribution < 1.29 is 9.53 Å². The first-order chi connectivity index (χ1) is 6.74. The number of amides is 1. The third-order valence-corrected chi connectivity index (χ3v) is 2.44. The highest BCUT2D eigenvalue weighted by atomic mass is 32.1. The highest BCUT2D eigenvalue weighted by Crippen LogP contribution is 2.11. The number of thiophene rings is 1. The Hall–Kier alpha value is -0.910. The van der Waals surface area contributed by atoms with Crippen molar-refractivity contribution >= 4 is 22.9 Å². The van der Waals surface area contributed by atoms with Gasteiger partial charge < -0.3 is 15.8 Å². The summed E-state index contributed by atoms with van der Waals surface area (Å²) < 4.78 is 4.84. The second kappa shape index (κ2) is 5.74. The Morgan fingerprint density at radius 2 is 2.57 bits per heavy atom. The number of nitrogens with one attached hydrogen (secondary N) is 1. The number of carbonyl (C=O) groups is 1. The lowest BCUT2D eigenvalue weighted by molar-refractivity contribution is -0.117. The van der Waals surface area contributed by atoms with Crippen LogP contribution in [-0.4, -0.2) is 25.7 Å². The summed E-state index contributed by atoms with van der Waals surface area (Å²) in [6, 6.07) is 1.33. The van der Waals surface area contributed by atoms with Crippen LogP contribution in [0.4, 0.5) is 5.69 Å². The molecule has 3 N–H and O–H groups in total. The predicted octanol–water partition coefficient (Wildman–Crippen LogP) is 1.05. The monoisotopic (exact) mass is 214 g/mol. The second-order valence-corrected chi connectivity index (χ2v) is 3.67. The van der Waals surface area contributed by atoms with Crippen molar-refractivity contribution in [1.82, 2.24) is 0 Å². The van der Waals surface area contributed by atoms with Gasteiger partial charge >= 0.3 is 0 Å². The minimum Gasteiger partial charge on any atom is -0.385 e. The summed E-state index contributed by atoms with van der Waals surface area (Å²) in [7, 11) is 1.59. The molecule has 0 saturated heterocycles. The molecule has 0 fully saturated rings. The summed E-state index contributed by atoms with van der Waals surface area (Å²) in [6.07, 6.45) is 0.534. The molecule has 0 bridgehead atoms. The highest BCUT2D eigenvalue weighted by molar-refractivity contribution is 7.08. The van der Waals surface area contributed by atoms with Crippen molar-refractivity contribution in [2.24, 2.45) is 5.73 Å². The SMILES string of the molecule is COCCC(N)C(=O)Nc1ccsc1. The Labute approximate surface area is 87.1 Å². The third-order valence-electron chi connectivity index (χ3n) is 1.76. The van der Waals surface area contributed by atoms with Crippen LogP contribution in [0.15, 0.2) is 16.8 Å². The van der Waals surface area contributed by atoms with Crippen LogP contribution in [0.5, 0.6) is 0 Å². The molecule has 0 aliphatic heterocycles. The number of methoxy groups -OCH3 is 1. The Balaban J connectivity index is 2.34. The van der Waals surface area contributed by atoms with E-state index in [1.807, 2.05) is 16.8 Å². The molecule has 1 heterocycles. The molecule has 0 spiro atoms. The first-order valence-electron chi connectivity index (χ1n) is 4.31.